The first-order valence-corrected chi connectivity index (χ1v) is 5.90. The zero-order chi connectivity index (χ0) is 11.5. The number of hydrogen-bond acceptors (Lipinski definition) is 3. The Morgan fingerprint density at radius 1 is 1.27 bits per heavy atom. The second kappa shape index (κ2) is 9.71. The second-order valence-corrected chi connectivity index (χ2v) is 3.47. The molecule has 0 aromatic carbocycles. The zero-order valence-electron chi connectivity index (χ0n) is 10.6. The summed E-state index contributed by atoms with van der Waals surface area (Å²) < 4.78 is 0. The lowest BCUT2D eigenvalue weighted by molar-refractivity contribution is 0.405. The number of nitrogens with one attached hydrogen (secondary N) is 1. The van der Waals surface area contributed by atoms with Crippen LogP contribution in [0, 0.1) is 0 Å². The van der Waals surface area contributed by atoms with E-state index >= 15 is 0 Å². The highest BCUT2D eigenvalue weighted by Crippen LogP contribution is 2.03. The minimum absolute atomic E-state index is 0.988. The first-order chi connectivity index (χ1) is 7.26. The molecular formula is C12H25N3. The Labute approximate surface area is 94.3 Å². The van der Waals surface area contributed by atoms with Crippen molar-refractivity contribution in [2.75, 3.05) is 26.7 Å². The Morgan fingerprint density at radius 3 is 2.53 bits per heavy atom. The van der Waals surface area contributed by atoms with Gasteiger partial charge in [0.05, 0.1) is 0 Å². The van der Waals surface area contributed by atoms with Gasteiger partial charge in [-0.2, -0.15) is 0 Å². The number of rotatable bonds is 8. The number of aliphatic imine (C=N–C) groups is 1. The molecular weight excluding hydrogens is 186 g/mol. The predicted octanol–water partition coefficient (Wildman–Crippen LogP) is 2.26. The summed E-state index contributed by atoms with van der Waals surface area (Å²) in [5, 5.41) is 3.31. The van der Waals surface area contributed by atoms with Crippen molar-refractivity contribution >= 4 is 6.21 Å². The van der Waals surface area contributed by atoms with Gasteiger partial charge in [0.2, 0.25) is 0 Å². The molecule has 0 aromatic rings. The Morgan fingerprint density at radius 2 is 2.00 bits per heavy atom. The molecule has 0 aliphatic rings. The van der Waals surface area contributed by atoms with E-state index in [2.05, 4.69) is 49.1 Å². The summed E-state index contributed by atoms with van der Waals surface area (Å²) in [7, 11) is 2.09. The molecule has 0 spiro atoms. The summed E-state index contributed by atoms with van der Waals surface area (Å²) in [4.78, 5) is 6.64. The summed E-state index contributed by atoms with van der Waals surface area (Å²) in [6.07, 6.45) is 6.15. The molecule has 88 valence electrons. The Bertz CT molecular complexity index is 197. The zero-order valence-corrected chi connectivity index (χ0v) is 10.6. The average molecular weight is 211 g/mol. The first-order valence-electron chi connectivity index (χ1n) is 5.90. The lowest BCUT2D eigenvalue weighted by Crippen LogP contribution is -2.28. The minimum Gasteiger partial charge on any atom is -0.359 e. The van der Waals surface area contributed by atoms with Crippen molar-refractivity contribution in [2.24, 2.45) is 4.99 Å². The number of allylic oxidation sites excluding steroid dienone is 1. The fourth-order valence-electron chi connectivity index (χ4n) is 1.21. The molecule has 0 fully saturated rings. The molecule has 15 heavy (non-hydrogen) atoms. The Hall–Kier alpha value is -0.830. The lowest BCUT2D eigenvalue weighted by Gasteiger charge is -2.19. The molecule has 3 nitrogen and oxygen atoms in total. The molecule has 0 radical (unpaired) electrons. The van der Waals surface area contributed by atoms with E-state index in [-0.39, 0.29) is 0 Å². The highest BCUT2D eigenvalue weighted by molar-refractivity contribution is 5.58. The molecule has 0 aromatic heterocycles. The van der Waals surface area contributed by atoms with Crippen molar-refractivity contribution in [1.29, 1.82) is 0 Å². The maximum absolute atomic E-state index is 4.44. The van der Waals surface area contributed by atoms with Crippen molar-refractivity contribution < 1.29 is 0 Å². The summed E-state index contributed by atoms with van der Waals surface area (Å²) in [6.45, 7) is 9.40. The topological polar surface area (TPSA) is 27.6 Å². The van der Waals surface area contributed by atoms with Crippen LogP contribution in [0.3, 0.4) is 0 Å². The van der Waals surface area contributed by atoms with Crippen LogP contribution in [0.15, 0.2) is 16.9 Å². The van der Waals surface area contributed by atoms with Crippen LogP contribution in [0.5, 0.6) is 0 Å². The van der Waals surface area contributed by atoms with Gasteiger partial charge in [-0.3, -0.25) is 0 Å². The fraction of sp³-hybridized carbons (Fsp3) is 0.750. The molecule has 3 heteroatoms. The summed E-state index contributed by atoms with van der Waals surface area (Å²) in [5.74, 6) is 1.08. The van der Waals surface area contributed by atoms with Crippen molar-refractivity contribution in [3.63, 3.8) is 0 Å². The summed E-state index contributed by atoms with van der Waals surface area (Å²) in [5.41, 5.74) is 0. The van der Waals surface area contributed by atoms with E-state index in [9.17, 15) is 0 Å². The summed E-state index contributed by atoms with van der Waals surface area (Å²) in [6, 6.07) is 0. The number of nitrogens with zero attached hydrogens (tertiary/aromatic N) is 2. The molecule has 1 N–H and O–H groups in total. The van der Waals surface area contributed by atoms with Crippen LogP contribution in [0.2, 0.25) is 0 Å². The van der Waals surface area contributed by atoms with Crippen LogP contribution < -0.4 is 5.32 Å². The smallest absolute Gasteiger partial charge is 0.123 e. The molecule has 0 amide bonds. The molecule has 0 bridgehead atoms. The van der Waals surface area contributed by atoms with Crippen LogP contribution in [0.4, 0.5) is 0 Å². The summed E-state index contributed by atoms with van der Waals surface area (Å²) >= 11 is 0. The van der Waals surface area contributed by atoms with E-state index in [0.717, 1.165) is 38.3 Å². The van der Waals surface area contributed by atoms with E-state index in [1.807, 2.05) is 6.21 Å². The largest absolute Gasteiger partial charge is 0.359 e. The van der Waals surface area contributed by atoms with E-state index < -0.39 is 0 Å². The number of likely N-dealkylation sites (N-methyl/N-ethyl adjacent to an activating group) is 2. The maximum atomic E-state index is 4.44. The van der Waals surface area contributed by atoms with Crippen molar-refractivity contribution in [3.05, 3.63) is 11.9 Å². The molecule has 0 saturated carbocycles. The fourth-order valence-corrected chi connectivity index (χ4v) is 1.21. The molecule has 0 atom stereocenters. The second-order valence-electron chi connectivity index (χ2n) is 3.47. The highest BCUT2D eigenvalue weighted by Gasteiger charge is 2.00. The van der Waals surface area contributed by atoms with Crippen LogP contribution >= 0.6 is 0 Å². The molecule has 0 aliphatic carbocycles. The molecule has 0 rings (SSSR count). The normalized spacial score (nSPS) is 12.4. The molecule has 0 heterocycles. The van der Waals surface area contributed by atoms with Gasteiger partial charge in [-0.25, -0.2) is 4.99 Å². The van der Waals surface area contributed by atoms with Gasteiger partial charge < -0.3 is 10.2 Å². The van der Waals surface area contributed by atoms with Gasteiger partial charge in [-0.1, -0.05) is 20.8 Å². The Balaban J connectivity index is 4.11. The maximum Gasteiger partial charge on any atom is 0.123 e. The third-order valence-corrected chi connectivity index (χ3v) is 2.06. The third-order valence-electron chi connectivity index (χ3n) is 2.06. The van der Waals surface area contributed by atoms with Crippen LogP contribution in [-0.4, -0.2) is 37.8 Å². The van der Waals surface area contributed by atoms with E-state index in [1.165, 1.54) is 0 Å². The van der Waals surface area contributed by atoms with Crippen molar-refractivity contribution in [1.82, 2.24) is 10.2 Å². The highest BCUT2D eigenvalue weighted by atomic mass is 15.2. The molecule has 0 saturated heterocycles. The van der Waals surface area contributed by atoms with Gasteiger partial charge >= 0.3 is 0 Å². The van der Waals surface area contributed by atoms with E-state index in [4.69, 9.17) is 0 Å². The van der Waals surface area contributed by atoms with Crippen LogP contribution in [0.1, 0.15) is 33.6 Å². The van der Waals surface area contributed by atoms with Gasteiger partial charge in [-0.05, 0) is 25.5 Å². The van der Waals surface area contributed by atoms with Gasteiger partial charge in [0.25, 0.3) is 0 Å². The van der Waals surface area contributed by atoms with Crippen LogP contribution in [0.25, 0.3) is 0 Å². The Kier molecular flexibility index (Phi) is 9.18. The van der Waals surface area contributed by atoms with E-state index in [1.54, 1.807) is 0 Å². The number of hydrogen-bond donors (Lipinski definition) is 1. The van der Waals surface area contributed by atoms with Gasteiger partial charge in [0, 0.05) is 26.4 Å². The standard InChI is InChI=1S/C12H25N3/c1-5-8-12(14-9-6-2)15(4)11-10-13-7-3/h8-9,13H,5-7,10-11H2,1-4H3/b12-8+,14-9-. The van der Waals surface area contributed by atoms with Crippen molar-refractivity contribution in [3.8, 4) is 0 Å². The van der Waals surface area contributed by atoms with Gasteiger partial charge in [0.15, 0.2) is 0 Å². The minimum atomic E-state index is 0.988. The lowest BCUT2D eigenvalue weighted by atomic mass is 10.4. The van der Waals surface area contributed by atoms with Crippen molar-refractivity contribution in [2.45, 2.75) is 33.6 Å². The SMILES string of the molecule is CC/C=N\C(=C/CC)N(C)CCNCC. The van der Waals surface area contributed by atoms with Crippen LogP contribution in [-0.2, 0) is 0 Å². The molecule has 0 unspecified atom stereocenters. The quantitative estimate of drug-likeness (QED) is 0.492. The average Bonchev–Trinajstić information content (AvgIpc) is 2.24. The van der Waals surface area contributed by atoms with Gasteiger partial charge in [-0.15, -0.1) is 0 Å². The molecule has 0 aliphatic heterocycles. The van der Waals surface area contributed by atoms with Gasteiger partial charge in [0.1, 0.15) is 5.82 Å². The predicted molar refractivity (Wildman–Crippen MR) is 68.3 cm³/mol. The third kappa shape index (κ3) is 7.14. The first kappa shape index (κ1) is 14.2. The van der Waals surface area contributed by atoms with E-state index in [0.29, 0.717) is 0 Å². The monoisotopic (exact) mass is 211 g/mol.